The molecule has 13 rings (SSSR count). The Kier molecular flexibility index (Phi) is 12.6. The van der Waals surface area contributed by atoms with Crippen LogP contribution in [0.3, 0.4) is 0 Å². The summed E-state index contributed by atoms with van der Waals surface area (Å²) in [6.45, 7) is 27.0. The van der Waals surface area contributed by atoms with Crippen molar-refractivity contribution in [1.82, 2.24) is 4.98 Å². The number of rotatable bonds is 8. The molecule has 8 aliphatic rings. The van der Waals surface area contributed by atoms with Crippen LogP contribution < -0.4 is 10.2 Å². The van der Waals surface area contributed by atoms with Gasteiger partial charge in [0, 0.05) is 11.1 Å². The van der Waals surface area contributed by atoms with Crippen LogP contribution >= 0.6 is 0 Å². The Morgan fingerprint density at radius 3 is 1.03 bits per heavy atom. The van der Waals surface area contributed by atoms with Crippen molar-refractivity contribution in [2.45, 2.75) is 198 Å². The molecular formula is C66H80F3NO2Zr. The Morgan fingerprint density at radius 1 is 0.452 bits per heavy atom. The second kappa shape index (κ2) is 17.4. The van der Waals surface area contributed by atoms with E-state index in [-0.39, 0.29) is 101 Å². The second-order valence-corrected chi connectivity index (χ2v) is 30.9. The fraction of sp³-hybridized carbons (Fsp3) is 0.561. The zero-order valence-corrected chi connectivity index (χ0v) is 48.9. The summed E-state index contributed by atoms with van der Waals surface area (Å²) in [5, 5.41) is 31.0. The number of pyridine rings is 1. The molecule has 1 aromatic heterocycles. The number of hydrogen-bond acceptors (Lipinski definition) is 3. The molecule has 386 valence electrons. The Morgan fingerprint density at radius 2 is 0.753 bits per heavy atom. The normalized spacial score (nSPS) is 32.8. The van der Waals surface area contributed by atoms with Crippen molar-refractivity contribution in [2.75, 3.05) is 0 Å². The van der Waals surface area contributed by atoms with Crippen LogP contribution in [0.1, 0.15) is 197 Å². The van der Waals surface area contributed by atoms with Gasteiger partial charge in [0.1, 0.15) is 0 Å². The predicted octanol–water partition coefficient (Wildman–Crippen LogP) is 18.2. The number of halogens is 3. The summed E-state index contributed by atoms with van der Waals surface area (Å²) < 4.78 is 51.3. The fourth-order valence-corrected chi connectivity index (χ4v) is 19.6. The summed E-state index contributed by atoms with van der Waals surface area (Å²) in [4.78, 5) is 5.27. The predicted molar refractivity (Wildman–Crippen MR) is 287 cm³/mol. The minimum absolute atomic E-state index is 0.0183. The van der Waals surface area contributed by atoms with Crippen molar-refractivity contribution in [3.05, 3.63) is 112 Å². The molecule has 0 atom stereocenters. The van der Waals surface area contributed by atoms with Gasteiger partial charge in [0.05, 0.1) is 17.0 Å². The third-order valence-electron chi connectivity index (χ3n) is 19.0. The van der Waals surface area contributed by atoms with Crippen molar-refractivity contribution in [2.24, 2.45) is 32.5 Å². The van der Waals surface area contributed by atoms with E-state index in [1.54, 1.807) is 0 Å². The number of hydrogen-bond donors (Lipinski definition) is 0. The van der Waals surface area contributed by atoms with E-state index in [1.807, 2.05) is 48.5 Å². The van der Waals surface area contributed by atoms with Gasteiger partial charge in [-0.3, -0.25) is 0 Å². The van der Waals surface area contributed by atoms with E-state index in [0.29, 0.717) is 33.4 Å². The molecule has 0 radical (unpaired) electrons. The number of alkyl halides is 3. The van der Waals surface area contributed by atoms with Gasteiger partial charge < -0.3 is 10.2 Å². The molecule has 0 unspecified atom stereocenters. The summed E-state index contributed by atoms with van der Waals surface area (Å²) in [6.07, 6.45) is 8.22. The Hall–Kier alpha value is -3.70. The summed E-state index contributed by atoms with van der Waals surface area (Å²) in [5.41, 5.74) is 8.70. The van der Waals surface area contributed by atoms with Crippen LogP contribution in [-0.4, -0.2) is 4.98 Å². The summed E-state index contributed by atoms with van der Waals surface area (Å²) in [6, 6.07) is 22.3. The molecule has 8 saturated carbocycles. The molecule has 1 heterocycles. The van der Waals surface area contributed by atoms with Gasteiger partial charge in [-0.2, -0.15) is 13.2 Å². The molecule has 0 spiro atoms. The Bertz CT molecular complexity index is 2740. The monoisotopic (exact) mass is 1070 g/mol. The average molecular weight is 1070 g/mol. The first-order valence-corrected chi connectivity index (χ1v) is 32.4. The SMILES string of the molecule is Cc1cc(-c2ccc(C(C)C)cc2-c2cc(C(F)(F)F)cc(-c3cc(C(C)C)ccc3-c3cc(C)cc(C45CC6(C)CC(C)(CC(C)(C6)C4)C5)c3[O-])n2)c([O-])c(C23CC4(C)CC(C)(CC(C)(C4)C2)C3)c1.[CH3][Zr+2][CH3]. The van der Waals surface area contributed by atoms with Gasteiger partial charge in [0.25, 0.3) is 0 Å². The van der Waals surface area contributed by atoms with Gasteiger partial charge in [0.2, 0.25) is 0 Å². The van der Waals surface area contributed by atoms with Crippen LogP contribution in [0.25, 0.3) is 44.8 Å². The maximum atomic E-state index is 15.6. The molecule has 8 bridgehead atoms. The summed E-state index contributed by atoms with van der Waals surface area (Å²) in [7, 11) is 0. The van der Waals surface area contributed by atoms with Gasteiger partial charge in [-0.05, 0) is 215 Å². The maximum absolute atomic E-state index is 15.6. The molecular weight excluding hydrogens is 987 g/mol. The molecule has 8 fully saturated rings. The molecule has 4 aromatic carbocycles. The number of aromatic nitrogens is 1. The number of aryl methyl sites for hydroxylation is 2. The number of benzene rings is 4. The standard InChI is InChI=1S/C64H76F3NO2.2CH3.Zr/c1-37(2)41-13-15-44(48-17-39(5)19-50(54(48)69)62-31-56(7)25-57(8,32-62)27-58(9,26-56)33-62)46(21-41)52-23-43(64(65,66)67)24-53(68-52)47-22-42(38(3)4)14-16-45(47)49-18-40(6)20-51(55(49)70)63-34-59(10)28-60(11,35-63)30-61(12,29-59)36-63;;;/h13-24,37-38,69-70H,25-36H2,1-12H3;2*1H3;/q;;;+2/p-2. The van der Waals surface area contributed by atoms with Crippen molar-refractivity contribution in [1.29, 1.82) is 0 Å². The van der Waals surface area contributed by atoms with Gasteiger partial charge in [-0.25, -0.2) is 4.98 Å². The van der Waals surface area contributed by atoms with E-state index in [0.717, 1.165) is 71.9 Å². The van der Waals surface area contributed by atoms with Crippen LogP contribution in [-0.2, 0) is 40.2 Å². The van der Waals surface area contributed by atoms with Gasteiger partial charge in [0.15, 0.2) is 0 Å². The zero-order chi connectivity index (χ0) is 52.9. The number of nitrogens with zero attached hydrogens (tertiary/aromatic N) is 1. The van der Waals surface area contributed by atoms with E-state index in [2.05, 4.69) is 104 Å². The molecule has 0 N–H and O–H groups in total. The molecule has 73 heavy (non-hydrogen) atoms. The summed E-state index contributed by atoms with van der Waals surface area (Å²) >= 11 is 0.230. The molecule has 5 aromatic rings. The van der Waals surface area contributed by atoms with E-state index in [9.17, 15) is 0 Å². The van der Waals surface area contributed by atoms with Crippen LogP contribution in [0.15, 0.2) is 72.8 Å². The Balaban J connectivity index is 0.00000199. The molecule has 0 saturated heterocycles. The molecule has 8 aliphatic carbocycles. The Labute approximate surface area is 447 Å². The van der Waals surface area contributed by atoms with Crippen molar-refractivity contribution in [3.63, 3.8) is 0 Å². The van der Waals surface area contributed by atoms with Crippen molar-refractivity contribution < 1.29 is 46.6 Å². The van der Waals surface area contributed by atoms with Crippen molar-refractivity contribution >= 4 is 0 Å². The first-order valence-electron chi connectivity index (χ1n) is 27.5. The molecule has 0 aliphatic heterocycles. The van der Waals surface area contributed by atoms with E-state index in [4.69, 9.17) is 4.98 Å². The first kappa shape index (κ1) is 52.7. The second-order valence-electron chi connectivity index (χ2n) is 28.5. The summed E-state index contributed by atoms with van der Waals surface area (Å²) in [5.74, 6) is 0.0915. The van der Waals surface area contributed by atoms with Crippen LogP contribution in [0.5, 0.6) is 11.5 Å². The third-order valence-corrected chi connectivity index (χ3v) is 19.0. The third kappa shape index (κ3) is 9.24. The fourth-order valence-electron chi connectivity index (χ4n) is 19.6. The minimum atomic E-state index is -4.71. The van der Waals surface area contributed by atoms with Crippen molar-refractivity contribution in [3.8, 4) is 56.3 Å². The molecule has 0 amide bonds. The van der Waals surface area contributed by atoms with Gasteiger partial charge in [-0.15, -0.1) is 0 Å². The zero-order valence-electron chi connectivity index (χ0n) is 46.5. The topological polar surface area (TPSA) is 59.0 Å². The molecule has 3 nitrogen and oxygen atoms in total. The van der Waals surface area contributed by atoms with Crippen LogP contribution in [0.2, 0.25) is 9.26 Å². The quantitative estimate of drug-likeness (QED) is 0.156. The van der Waals surface area contributed by atoms with E-state index < -0.39 is 11.7 Å². The van der Waals surface area contributed by atoms with Gasteiger partial charge in [-0.1, -0.05) is 140 Å². The van der Waals surface area contributed by atoms with Gasteiger partial charge >= 0.3 is 38.7 Å². The van der Waals surface area contributed by atoms with E-state index in [1.165, 1.54) is 50.7 Å². The van der Waals surface area contributed by atoms with Crippen LogP contribution in [0, 0.1) is 46.3 Å². The molecule has 7 heteroatoms. The average Bonchev–Trinajstić information content (AvgIpc) is 3.23. The first-order chi connectivity index (χ1) is 33.9. The van der Waals surface area contributed by atoms with E-state index >= 15 is 23.4 Å². The van der Waals surface area contributed by atoms with Crippen LogP contribution in [0.4, 0.5) is 13.2 Å².